The minimum atomic E-state index is -0.532. The lowest BCUT2D eigenvalue weighted by Gasteiger charge is -2.18. The Hall–Kier alpha value is -2.08. The summed E-state index contributed by atoms with van der Waals surface area (Å²) in [5.74, 6) is -0.779. The van der Waals surface area contributed by atoms with Crippen molar-refractivity contribution in [3.05, 3.63) is 28.6 Å². The quantitative estimate of drug-likeness (QED) is 0.899. The zero-order chi connectivity index (χ0) is 14.9. The molecule has 6 heteroatoms. The molecule has 0 unspecified atom stereocenters. The summed E-state index contributed by atoms with van der Waals surface area (Å²) in [6.07, 6.45) is 0. The van der Waals surface area contributed by atoms with Crippen LogP contribution in [0.25, 0.3) is 10.1 Å². The number of fused-ring (bicyclic) bond motifs is 1. The largest absolute Gasteiger partial charge is 0.397 e. The fourth-order valence-corrected chi connectivity index (χ4v) is 3.23. The van der Waals surface area contributed by atoms with E-state index in [0.717, 1.165) is 15.6 Å². The molecule has 20 heavy (non-hydrogen) atoms. The van der Waals surface area contributed by atoms with Gasteiger partial charge in [-0.15, -0.1) is 11.3 Å². The highest BCUT2D eigenvalue weighted by Crippen LogP contribution is 2.34. The molecule has 0 saturated heterocycles. The highest BCUT2D eigenvalue weighted by molar-refractivity contribution is 7.21. The maximum atomic E-state index is 12.4. The van der Waals surface area contributed by atoms with Crippen molar-refractivity contribution in [2.75, 3.05) is 18.8 Å². The molecule has 1 aromatic carbocycles. The van der Waals surface area contributed by atoms with E-state index in [2.05, 4.69) is 0 Å². The predicted octanol–water partition coefficient (Wildman–Crippen LogP) is 1.74. The lowest BCUT2D eigenvalue weighted by Crippen LogP contribution is -2.38. The van der Waals surface area contributed by atoms with Crippen LogP contribution in [-0.4, -0.2) is 29.8 Å². The first-order chi connectivity index (χ1) is 9.43. The van der Waals surface area contributed by atoms with Crippen LogP contribution in [0.4, 0.5) is 5.69 Å². The molecule has 0 aliphatic rings. The first-order valence-electron chi connectivity index (χ1n) is 6.30. The van der Waals surface area contributed by atoms with Crippen molar-refractivity contribution in [2.24, 2.45) is 5.73 Å². The number of rotatable bonds is 4. The van der Waals surface area contributed by atoms with Crippen molar-refractivity contribution in [1.29, 1.82) is 0 Å². The molecule has 2 amide bonds. The van der Waals surface area contributed by atoms with Gasteiger partial charge in [0.1, 0.15) is 4.88 Å². The molecule has 2 aromatic rings. The molecule has 0 atom stereocenters. The van der Waals surface area contributed by atoms with Gasteiger partial charge in [-0.1, -0.05) is 12.1 Å². The van der Waals surface area contributed by atoms with Crippen LogP contribution in [0.2, 0.25) is 0 Å². The van der Waals surface area contributed by atoms with Gasteiger partial charge in [-0.3, -0.25) is 9.59 Å². The topological polar surface area (TPSA) is 89.4 Å². The minimum absolute atomic E-state index is 0.0952. The monoisotopic (exact) mass is 291 g/mol. The number of primary amides is 1. The lowest BCUT2D eigenvalue weighted by molar-refractivity contribution is -0.118. The Morgan fingerprint density at radius 1 is 1.35 bits per heavy atom. The molecule has 0 bridgehead atoms. The third-order valence-corrected chi connectivity index (χ3v) is 4.25. The summed E-state index contributed by atoms with van der Waals surface area (Å²) in [6, 6.07) is 5.87. The zero-order valence-corrected chi connectivity index (χ0v) is 12.3. The van der Waals surface area contributed by atoms with E-state index in [1.807, 2.05) is 25.1 Å². The summed E-state index contributed by atoms with van der Waals surface area (Å²) in [5, 5.41) is 0.874. The SMILES string of the molecule is CCN(CC(N)=O)C(=O)c1sc2cc(C)ccc2c1N. The Balaban J connectivity index is 2.43. The van der Waals surface area contributed by atoms with E-state index in [-0.39, 0.29) is 12.5 Å². The second-order valence-electron chi connectivity index (χ2n) is 4.63. The third kappa shape index (κ3) is 2.60. The van der Waals surface area contributed by atoms with Gasteiger partial charge in [0.25, 0.3) is 5.91 Å². The number of thiophene rings is 1. The van der Waals surface area contributed by atoms with E-state index >= 15 is 0 Å². The van der Waals surface area contributed by atoms with Gasteiger partial charge < -0.3 is 16.4 Å². The standard InChI is InChI=1S/C14H17N3O2S/c1-3-17(7-11(15)18)14(19)13-12(16)9-5-4-8(2)6-10(9)20-13/h4-6H,3,7,16H2,1-2H3,(H2,15,18). The maximum absolute atomic E-state index is 12.4. The zero-order valence-electron chi connectivity index (χ0n) is 11.5. The Labute approximate surface area is 121 Å². The third-order valence-electron chi connectivity index (χ3n) is 3.09. The van der Waals surface area contributed by atoms with Crippen molar-refractivity contribution >= 4 is 38.9 Å². The molecule has 0 aliphatic carbocycles. The van der Waals surface area contributed by atoms with E-state index in [4.69, 9.17) is 11.5 Å². The number of carbonyl (C=O) groups excluding carboxylic acids is 2. The number of amides is 2. The fraction of sp³-hybridized carbons (Fsp3) is 0.286. The van der Waals surface area contributed by atoms with Crippen molar-refractivity contribution < 1.29 is 9.59 Å². The number of hydrogen-bond donors (Lipinski definition) is 2. The number of hydrogen-bond acceptors (Lipinski definition) is 4. The summed E-state index contributed by atoms with van der Waals surface area (Å²) < 4.78 is 0.973. The first kappa shape index (κ1) is 14.3. The van der Waals surface area contributed by atoms with E-state index in [0.29, 0.717) is 17.1 Å². The van der Waals surface area contributed by atoms with E-state index in [1.54, 1.807) is 6.92 Å². The van der Waals surface area contributed by atoms with Crippen LogP contribution in [0.3, 0.4) is 0 Å². The van der Waals surface area contributed by atoms with Gasteiger partial charge in [-0.2, -0.15) is 0 Å². The van der Waals surface area contributed by atoms with Crippen LogP contribution in [0, 0.1) is 6.92 Å². The number of carbonyl (C=O) groups is 2. The maximum Gasteiger partial charge on any atom is 0.266 e. The Morgan fingerprint density at radius 3 is 2.65 bits per heavy atom. The van der Waals surface area contributed by atoms with Gasteiger partial charge in [0.2, 0.25) is 5.91 Å². The Bertz CT molecular complexity index is 678. The summed E-state index contributed by atoms with van der Waals surface area (Å²) in [5.41, 5.74) is 12.8. The van der Waals surface area contributed by atoms with Crippen LogP contribution < -0.4 is 11.5 Å². The summed E-state index contributed by atoms with van der Waals surface area (Å²) in [4.78, 5) is 25.3. The average Bonchev–Trinajstić information content (AvgIpc) is 2.71. The number of nitrogens with two attached hydrogens (primary N) is 2. The Morgan fingerprint density at radius 2 is 2.05 bits per heavy atom. The molecule has 0 saturated carbocycles. The highest BCUT2D eigenvalue weighted by atomic mass is 32.1. The molecule has 0 aliphatic heterocycles. The number of nitrogens with zero attached hydrogens (tertiary/aromatic N) is 1. The molecule has 0 radical (unpaired) electrons. The molecular formula is C14H17N3O2S. The molecule has 106 valence electrons. The smallest absolute Gasteiger partial charge is 0.266 e. The van der Waals surface area contributed by atoms with Crippen molar-refractivity contribution in [3.8, 4) is 0 Å². The summed E-state index contributed by atoms with van der Waals surface area (Å²) in [7, 11) is 0. The molecule has 1 aromatic heterocycles. The van der Waals surface area contributed by atoms with Gasteiger partial charge in [-0.05, 0) is 25.5 Å². The Kier molecular flexibility index (Phi) is 3.94. The first-order valence-corrected chi connectivity index (χ1v) is 7.12. The van der Waals surface area contributed by atoms with E-state index in [9.17, 15) is 9.59 Å². The summed E-state index contributed by atoms with van der Waals surface area (Å²) >= 11 is 1.35. The molecular weight excluding hydrogens is 274 g/mol. The van der Waals surface area contributed by atoms with Crippen molar-refractivity contribution in [1.82, 2.24) is 4.90 Å². The van der Waals surface area contributed by atoms with Gasteiger partial charge in [-0.25, -0.2) is 0 Å². The van der Waals surface area contributed by atoms with Crippen LogP contribution in [0.1, 0.15) is 22.2 Å². The van der Waals surface area contributed by atoms with Crippen molar-refractivity contribution in [2.45, 2.75) is 13.8 Å². The fourth-order valence-electron chi connectivity index (χ4n) is 2.04. The van der Waals surface area contributed by atoms with Gasteiger partial charge in [0.05, 0.1) is 12.2 Å². The van der Waals surface area contributed by atoms with E-state index in [1.165, 1.54) is 16.2 Å². The second-order valence-corrected chi connectivity index (χ2v) is 5.68. The second kappa shape index (κ2) is 5.50. The predicted molar refractivity (Wildman–Crippen MR) is 81.7 cm³/mol. The van der Waals surface area contributed by atoms with Gasteiger partial charge in [0.15, 0.2) is 0 Å². The van der Waals surface area contributed by atoms with Gasteiger partial charge >= 0.3 is 0 Å². The number of likely N-dealkylation sites (N-methyl/N-ethyl adjacent to an activating group) is 1. The molecule has 1 heterocycles. The average molecular weight is 291 g/mol. The number of anilines is 1. The van der Waals surface area contributed by atoms with Crippen LogP contribution >= 0.6 is 11.3 Å². The van der Waals surface area contributed by atoms with E-state index < -0.39 is 5.91 Å². The highest BCUT2D eigenvalue weighted by Gasteiger charge is 2.22. The van der Waals surface area contributed by atoms with Crippen LogP contribution in [0.15, 0.2) is 18.2 Å². The van der Waals surface area contributed by atoms with Crippen LogP contribution in [0.5, 0.6) is 0 Å². The number of aryl methyl sites for hydroxylation is 1. The molecule has 0 fully saturated rings. The normalized spacial score (nSPS) is 10.7. The van der Waals surface area contributed by atoms with Crippen LogP contribution in [-0.2, 0) is 4.79 Å². The molecule has 4 N–H and O–H groups in total. The van der Waals surface area contributed by atoms with Gasteiger partial charge in [0, 0.05) is 16.6 Å². The lowest BCUT2D eigenvalue weighted by atomic mass is 10.1. The summed E-state index contributed by atoms with van der Waals surface area (Å²) in [6.45, 7) is 4.10. The minimum Gasteiger partial charge on any atom is -0.397 e. The molecule has 2 rings (SSSR count). The van der Waals surface area contributed by atoms with Crippen molar-refractivity contribution in [3.63, 3.8) is 0 Å². The number of benzene rings is 1. The number of nitrogen functional groups attached to an aromatic ring is 1. The molecule has 0 spiro atoms. The molecule has 5 nitrogen and oxygen atoms in total.